The van der Waals surface area contributed by atoms with E-state index in [4.69, 9.17) is 4.98 Å². The van der Waals surface area contributed by atoms with Gasteiger partial charge >= 0.3 is 0 Å². The van der Waals surface area contributed by atoms with Crippen LogP contribution < -0.4 is 0 Å². The van der Waals surface area contributed by atoms with Crippen molar-refractivity contribution in [1.82, 2.24) is 24.8 Å². The average Bonchev–Trinajstić information content (AvgIpc) is 3.23. The molecule has 5 nitrogen and oxygen atoms in total. The minimum absolute atomic E-state index is 0.758. The first kappa shape index (κ1) is 17.2. The van der Waals surface area contributed by atoms with E-state index < -0.39 is 0 Å². The smallest absolute Gasteiger partial charge is 0.160 e. The van der Waals surface area contributed by atoms with E-state index in [2.05, 4.69) is 44.1 Å². The first-order valence-electron chi connectivity index (χ1n) is 9.32. The molecule has 0 saturated carbocycles. The van der Waals surface area contributed by atoms with Gasteiger partial charge in [-0.25, -0.2) is 15.0 Å². The van der Waals surface area contributed by atoms with Crippen molar-refractivity contribution < 1.29 is 0 Å². The number of aromatic nitrogens is 4. The van der Waals surface area contributed by atoms with Gasteiger partial charge in [-0.15, -0.1) is 11.3 Å². The molecule has 0 fully saturated rings. The zero-order valence-corrected chi connectivity index (χ0v) is 16.1. The maximum absolute atomic E-state index is 4.79. The Morgan fingerprint density at radius 3 is 2.71 bits per heavy atom. The summed E-state index contributed by atoms with van der Waals surface area (Å²) < 4.78 is 0. The van der Waals surface area contributed by atoms with Crippen molar-refractivity contribution in [3.05, 3.63) is 82.7 Å². The van der Waals surface area contributed by atoms with Crippen LogP contribution in [0.15, 0.2) is 66.6 Å². The molecule has 138 valence electrons. The lowest BCUT2D eigenvalue weighted by Gasteiger charge is -2.27. The fraction of sp³-hybridized carbons (Fsp3) is 0.182. The highest BCUT2D eigenvalue weighted by Gasteiger charge is 2.21. The number of rotatable bonds is 4. The number of hydrogen-bond donors (Lipinski definition) is 0. The van der Waals surface area contributed by atoms with Crippen LogP contribution in [0.3, 0.4) is 0 Å². The standard InChI is InChI=1S/C22H19N5S/c1-2-5-16(6-3-1)21-20(28-15-25-21)14-27-10-8-19-18(13-27)12-24-22(26-19)17-7-4-9-23-11-17/h1-7,9,11-12,15H,8,10,13-14H2. The fourth-order valence-electron chi connectivity index (χ4n) is 3.56. The Morgan fingerprint density at radius 1 is 0.964 bits per heavy atom. The number of thiazole rings is 1. The van der Waals surface area contributed by atoms with Gasteiger partial charge in [0.1, 0.15) is 0 Å². The summed E-state index contributed by atoms with van der Waals surface area (Å²) in [5, 5.41) is 0. The molecule has 4 heterocycles. The molecule has 0 radical (unpaired) electrons. The zero-order valence-electron chi connectivity index (χ0n) is 15.3. The third-order valence-electron chi connectivity index (χ3n) is 4.99. The molecular weight excluding hydrogens is 366 g/mol. The van der Waals surface area contributed by atoms with Gasteiger partial charge in [0.15, 0.2) is 5.82 Å². The number of benzene rings is 1. The summed E-state index contributed by atoms with van der Waals surface area (Å²) in [6.07, 6.45) is 6.49. The fourth-order valence-corrected chi connectivity index (χ4v) is 4.39. The predicted molar refractivity (Wildman–Crippen MR) is 111 cm³/mol. The van der Waals surface area contributed by atoms with Crippen molar-refractivity contribution in [2.75, 3.05) is 6.54 Å². The molecule has 5 rings (SSSR count). The Bertz CT molecular complexity index is 1080. The van der Waals surface area contributed by atoms with Gasteiger partial charge in [-0.05, 0) is 12.1 Å². The maximum Gasteiger partial charge on any atom is 0.160 e. The highest BCUT2D eigenvalue weighted by atomic mass is 32.1. The van der Waals surface area contributed by atoms with Crippen LogP contribution >= 0.6 is 11.3 Å². The van der Waals surface area contributed by atoms with E-state index in [0.717, 1.165) is 48.8 Å². The molecule has 0 aliphatic carbocycles. The van der Waals surface area contributed by atoms with E-state index in [1.54, 1.807) is 17.5 Å². The second-order valence-electron chi connectivity index (χ2n) is 6.86. The van der Waals surface area contributed by atoms with Crippen LogP contribution in [0.25, 0.3) is 22.6 Å². The monoisotopic (exact) mass is 385 g/mol. The number of hydrogen-bond acceptors (Lipinski definition) is 6. The Kier molecular flexibility index (Phi) is 4.64. The summed E-state index contributed by atoms with van der Waals surface area (Å²) in [5.41, 5.74) is 7.55. The van der Waals surface area contributed by atoms with Crippen LogP contribution in [-0.2, 0) is 19.5 Å². The average molecular weight is 385 g/mol. The van der Waals surface area contributed by atoms with Gasteiger partial charge in [-0.3, -0.25) is 9.88 Å². The maximum atomic E-state index is 4.79. The molecular formula is C22H19N5S. The first-order valence-corrected chi connectivity index (χ1v) is 10.2. The van der Waals surface area contributed by atoms with E-state index >= 15 is 0 Å². The van der Waals surface area contributed by atoms with Crippen LogP contribution in [0.4, 0.5) is 0 Å². The Balaban J connectivity index is 1.34. The van der Waals surface area contributed by atoms with E-state index in [0.29, 0.717) is 0 Å². The highest BCUT2D eigenvalue weighted by molar-refractivity contribution is 7.10. The summed E-state index contributed by atoms with van der Waals surface area (Å²) in [4.78, 5) is 21.9. The van der Waals surface area contributed by atoms with Gasteiger partial charge in [-0.1, -0.05) is 30.3 Å². The molecule has 0 bridgehead atoms. The largest absolute Gasteiger partial charge is 0.293 e. The molecule has 28 heavy (non-hydrogen) atoms. The Morgan fingerprint density at radius 2 is 1.86 bits per heavy atom. The van der Waals surface area contributed by atoms with Crippen molar-refractivity contribution in [3.63, 3.8) is 0 Å². The summed E-state index contributed by atoms with van der Waals surface area (Å²) >= 11 is 1.73. The van der Waals surface area contributed by atoms with E-state index in [1.165, 1.54) is 16.0 Å². The normalized spacial score (nSPS) is 14.0. The molecule has 0 atom stereocenters. The summed E-state index contributed by atoms with van der Waals surface area (Å²) in [5.74, 6) is 0.758. The van der Waals surface area contributed by atoms with E-state index in [1.807, 2.05) is 36.1 Å². The van der Waals surface area contributed by atoms with Crippen molar-refractivity contribution in [3.8, 4) is 22.6 Å². The quantitative estimate of drug-likeness (QED) is 0.526. The van der Waals surface area contributed by atoms with Gasteiger partial charge in [0, 0.05) is 66.2 Å². The molecule has 0 unspecified atom stereocenters. The second-order valence-corrected chi connectivity index (χ2v) is 7.80. The van der Waals surface area contributed by atoms with Crippen molar-refractivity contribution in [2.45, 2.75) is 19.5 Å². The molecule has 6 heteroatoms. The zero-order chi connectivity index (χ0) is 18.8. The lowest BCUT2D eigenvalue weighted by atomic mass is 10.1. The highest BCUT2D eigenvalue weighted by Crippen LogP contribution is 2.28. The minimum Gasteiger partial charge on any atom is -0.293 e. The molecule has 1 aliphatic rings. The van der Waals surface area contributed by atoms with Crippen LogP contribution in [0.2, 0.25) is 0 Å². The molecule has 1 aromatic carbocycles. The number of pyridine rings is 1. The minimum atomic E-state index is 0.758. The van der Waals surface area contributed by atoms with Crippen molar-refractivity contribution >= 4 is 11.3 Å². The lowest BCUT2D eigenvalue weighted by molar-refractivity contribution is 0.245. The lowest BCUT2D eigenvalue weighted by Crippen LogP contribution is -2.30. The molecule has 1 aliphatic heterocycles. The first-order chi connectivity index (χ1) is 13.9. The molecule has 0 amide bonds. The Hall–Kier alpha value is -2.96. The molecule has 0 saturated heterocycles. The molecule has 0 N–H and O–H groups in total. The van der Waals surface area contributed by atoms with E-state index in [-0.39, 0.29) is 0 Å². The van der Waals surface area contributed by atoms with Crippen molar-refractivity contribution in [1.29, 1.82) is 0 Å². The number of nitrogens with zero attached hydrogens (tertiary/aromatic N) is 5. The number of fused-ring (bicyclic) bond motifs is 1. The van der Waals surface area contributed by atoms with Gasteiger partial charge < -0.3 is 0 Å². The van der Waals surface area contributed by atoms with Crippen LogP contribution in [0.5, 0.6) is 0 Å². The van der Waals surface area contributed by atoms with Crippen LogP contribution in [0.1, 0.15) is 16.1 Å². The SMILES string of the molecule is c1ccc(-c2ncsc2CN2CCc3nc(-c4cccnc4)ncc3C2)cc1. The van der Waals surface area contributed by atoms with Gasteiger partial charge in [-0.2, -0.15) is 0 Å². The third kappa shape index (κ3) is 3.44. The van der Waals surface area contributed by atoms with Gasteiger partial charge in [0.05, 0.1) is 16.9 Å². The van der Waals surface area contributed by atoms with Gasteiger partial charge in [0.2, 0.25) is 0 Å². The molecule has 3 aromatic heterocycles. The van der Waals surface area contributed by atoms with E-state index in [9.17, 15) is 0 Å². The third-order valence-corrected chi connectivity index (χ3v) is 5.81. The summed E-state index contributed by atoms with van der Waals surface area (Å²) in [7, 11) is 0. The van der Waals surface area contributed by atoms with Crippen LogP contribution in [-0.4, -0.2) is 31.4 Å². The topological polar surface area (TPSA) is 54.8 Å². The van der Waals surface area contributed by atoms with Gasteiger partial charge in [0.25, 0.3) is 0 Å². The summed E-state index contributed by atoms with van der Waals surface area (Å²) in [6.45, 7) is 2.76. The Labute approximate surface area is 167 Å². The van der Waals surface area contributed by atoms with Crippen molar-refractivity contribution in [2.24, 2.45) is 0 Å². The second kappa shape index (κ2) is 7.58. The molecule has 4 aromatic rings. The summed E-state index contributed by atoms with van der Waals surface area (Å²) in [6, 6.07) is 14.3. The predicted octanol–water partition coefficient (Wildman–Crippen LogP) is 4.22. The van der Waals surface area contributed by atoms with Crippen LogP contribution in [0, 0.1) is 0 Å². The molecule has 0 spiro atoms.